The molecule has 5 nitrogen and oxygen atoms in total. The second-order valence-corrected chi connectivity index (χ2v) is 8.36. The Morgan fingerprint density at radius 3 is 2.65 bits per heavy atom. The monoisotopic (exact) mass is 306 g/mol. The van der Waals surface area contributed by atoms with E-state index in [1.807, 2.05) is 6.92 Å². The molecule has 1 aliphatic rings. The van der Waals surface area contributed by atoms with Crippen LogP contribution in [0.2, 0.25) is 0 Å². The van der Waals surface area contributed by atoms with Gasteiger partial charge in [-0.3, -0.25) is 0 Å². The lowest BCUT2D eigenvalue weighted by molar-refractivity contribution is 0.162. The van der Waals surface area contributed by atoms with Crippen LogP contribution in [0.25, 0.3) is 0 Å². The summed E-state index contributed by atoms with van der Waals surface area (Å²) in [5, 5.41) is 12.7. The molecule has 6 heteroatoms. The second-order valence-electron chi connectivity index (χ2n) is 6.05. The van der Waals surface area contributed by atoms with Crippen molar-refractivity contribution in [2.45, 2.75) is 45.1 Å². The van der Waals surface area contributed by atoms with Gasteiger partial charge in [0.2, 0.25) is 0 Å². The lowest BCUT2D eigenvalue weighted by atomic mass is 9.95. The van der Waals surface area contributed by atoms with E-state index in [0.29, 0.717) is 18.1 Å². The maximum atomic E-state index is 11.5. The minimum absolute atomic E-state index is 0.156. The summed E-state index contributed by atoms with van der Waals surface area (Å²) in [5.41, 5.74) is -0.184. The van der Waals surface area contributed by atoms with E-state index < -0.39 is 9.84 Å². The second kappa shape index (κ2) is 8.32. The Kier molecular flexibility index (Phi) is 7.43. The largest absolute Gasteiger partial charge is 0.394 e. The maximum absolute atomic E-state index is 11.5. The molecule has 1 heterocycles. The van der Waals surface area contributed by atoms with Crippen LogP contribution >= 0.6 is 0 Å². The number of hydrogen-bond donors (Lipinski definition) is 2. The molecule has 0 aromatic rings. The number of nitrogens with one attached hydrogen (secondary N) is 1. The van der Waals surface area contributed by atoms with Crippen molar-refractivity contribution in [1.29, 1.82) is 0 Å². The molecule has 0 bridgehead atoms. The van der Waals surface area contributed by atoms with Crippen molar-refractivity contribution in [3.05, 3.63) is 0 Å². The highest BCUT2D eigenvalue weighted by atomic mass is 32.2. The zero-order valence-electron chi connectivity index (χ0n) is 12.9. The summed E-state index contributed by atoms with van der Waals surface area (Å²) in [7, 11) is -2.80. The van der Waals surface area contributed by atoms with Crippen LogP contribution in [0.3, 0.4) is 0 Å². The number of aliphatic hydroxyl groups excluding tert-OH is 1. The number of hydrogen-bond acceptors (Lipinski definition) is 5. The molecular formula is C14H30N2O3S. The summed E-state index contributed by atoms with van der Waals surface area (Å²) >= 11 is 0. The third-order valence-corrected chi connectivity index (χ3v) is 5.77. The van der Waals surface area contributed by atoms with E-state index in [1.165, 1.54) is 0 Å². The molecule has 0 saturated carbocycles. The van der Waals surface area contributed by atoms with E-state index in [2.05, 4.69) is 17.1 Å². The van der Waals surface area contributed by atoms with Gasteiger partial charge >= 0.3 is 0 Å². The summed E-state index contributed by atoms with van der Waals surface area (Å²) in [6.07, 6.45) is 3.81. The first-order valence-corrected chi connectivity index (χ1v) is 9.51. The van der Waals surface area contributed by atoms with Crippen molar-refractivity contribution in [2.24, 2.45) is 0 Å². The smallest absolute Gasteiger partial charge is 0.151 e. The molecule has 0 aromatic carbocycles. The number of aliphatic hydroxyl groups is 1. The molecule has 1 fully saturated rings. The molecule has 0 amide bonds. The minimum atomic E-state index is -2.80. The predicted molar refractivity (Wildman–Crippen MR) is 82.7 cm³/mol. The number of rotatable bonds is 8. The first kappa shape index (κ1) is 17.9. The lowest BCUT2D eigenvalue weighted by Crippen LogP contribution is -2.45. The Balaban J connectivity index is 2.24. The Morgan fingerprint density at radius 2 is 2.00 bits per heavy atom. The minimum Gasteiger partial charge on any atom is -0.394 e. The van der Waals surface area contributed by atoms with Crippen molar-refractivity contribution < 1.29 is 13.5 Å². The van der Waals surface area contributed by atoms with Crippen molar-refractivity contribution in [3.63, 3.8) is 0 Å². The number of nitrogens with zero attached hydrogens (tertiary/aromatic N) is 1. The number of likely N-dealkylation sites (N-methyl/N-ethyl adjacent to an activating group) is 1. The molecule has 0 spiro atoms. The fourth-order valence-electron chi connectivity index (χ4n) is 2.71. The highest BCUT2D eigenvalue weighted by molar-refractivity contribution is 7.91. The van der Waals surface area contributed by atoms with E-state index >= 15 is 0 Å². The SMILES string of the molecule is CCNC(C)(CO)CCCCN1CCCS(=O)(=O)CC1. The van der Waals surface area contributed by atoms with Gasteiger partial charge in [0.1, 0.15) is 0 Å². The first-order chi connectivity index (χ1) is 9.41. The van der Waals surface area contributed by atoms with E-state index in [1.54, 1.807) is 0 Å². The highest BCUT2D eigenvalue weighted by Crippen LogP contribution is 2.14. The first-order valence-electron chi connectivity index (χ1n) is 7.69. The zero-order valence-corrected chi connectivity index (χ0v) is 13.7. The number of sulfone groups is 1. The standard InChI is InChI=1S/C14H30N2O3S/c1-3-15-14(2,13-17)7-4-5-8-16-9-6-11-20(18,19)12-10-16/h15,17H,3-13H2,1-2H3. The molecule has 1 aliphatic heterocycles. The van der Waals surface area contributed by atoms with Gasteiger partial charge in [0.15, 0.2) is 9.84 Å². The van der Waals surface area contributed by atoms with Crippen LogP contribution in [0.4, 0.5) is 0 Å². The van der Waals surface area contributed by atoms with Crippen LogP contribution in [-0.4, -0.2) is 68.3 Å². The maximum Gasteiger partial charge on any atom is 0.151 e. The summed E-state index contributed by atoms with van der Waals surface area (Å²) in [6.45, 7) is 7.64. The Hall–Kier alpha value is -0.170. The molecule has 20 heavy (non-hydrogen) atoms. The molecule has 1 rings (SSSR count). The molecule has 0 aliphatic carbocycles. The van der Waals surface area contributed by atoms with Gasteiger partial charge in [0.25, 0.3) is 0 Å². The molecule has 120 valence electrons. The van der Waals surface area contributed by atoms with E-state index in [0.717, 1.165) is 45.3 Å². The summed E-state index contributed by atoms with van der Waals surface area (Å²) in [6, 6.07) is 0. The fourth-order valence-corrected chi connectivity index (χ4v) is 4.02. The lowest BCUT2D eigenvalue weighted by Gasteiger charge is -2.29. The van der Waals surface area contributed by atoms with Crippen LogP contribution in [0.5, 0.6) is 0 Å². The quantitative estimate of drug-likeness (QED) is 0.644. The molecule has 1 saturated heterocycles. The van der Waals surface area contributed by atoms with Crippen molar-refractivity contribution >= 4 is 9.84 Å². The van der Waals surface area contributed by atoms with Crippen molar-refractivity contribution in [2.75, 3.05) is 44.3 Å². The van der Waals surface area contributed by atoms with Crippen LogP contribution in [-0.2, 0) is 9.84 Å². The van der Waals surface area contributed by atoms with E-state index in [4.69, 9.17) is 0 Å². The van der Waals surface area contributed by atoms with Crippen LogP contribution in [0.15, 0.2) is 0 Å². The Bertz CT molecular complexity index is 373. The average Bonchev–Trinajstić information content (AvgIpc) is 2.56. The fraction of sp³-hybridized carbons (Fsp3) is 1.00. The van der Waals surface area contributed by atoms with Crippen LogP contribution in [0.1, 0.15) is 39.5 Å². The predicted octanol–water partition coefficient (Wildman–Crippen LogP) is 0.638. The zero-order chi connectivity index (χ0) is 15.1. The van der Waals surface area contributed by atoms with Crippen LogP contribution < -0.4 is 5.32 Å². The molecular weight excluding hydrogens is 276 g/mol. The van der Waals surface area contributed by atoms with E-state index in [-0.39, 0.29) is 12.1 Å². The van der Waals surface area contributed by atoms with Gasteiger partial charge in [-0.05, 0) is 45.8 Å². The Labute approximate surface area is 123 Å². The normalized spacial score (nSPS) is 23.1. The molecule has 0 radical (unpaired) electrons. The van der Waals surface area contributed by atoms with Gasteiger partial charge in [0, 0.05) is 12.1 Å². The summed E-state index contributed by atoms with van der Waals surface area (Å²) in [5.74, 6) is 0.644. The van der Waals surface area contributed by atoms with Crippen molar-refractivity contribution in [1.82, 2.24) is 10.2 Å². The van der Waals surface area contributed by atoms with Crippen molar-refractivity contribution in [3.8, 4) is 0 Å². The van der Waals surface area contributed by atoms with E-state index in [9.17, 15) is 13.5 Å². The van der Waals surface area contributed by atoms with Gasteiger partial charge < -0.3 is 15.3 Å². The highest BCUT2D eigenvalue weighted by Gasteiger charge is 2.22. The molecule has 1 unspecified atom stereocenters. The van der Waals surface area contributed by atoms with Gasteiger partial charge in [-0.25, -0.2) is 8.42 Å². The Morgan fingerprint density at radius 1 is 1.25 bits per heavy atom. The van der Waals surface area contributed by atoms with Crippen LogP contribution in [0, 0.1) is 0 Å². The number of unbranched alkanes of at least 4 members (excludes halogenated alkanes) is 1. The van der Waals surface area contributed by atoms with Gasteiger partial charge in [-0.15, -0.1) is 0 Å². The van der Waals surface area contributed by atoms with Gasteiger partial charge in [-0.1, -0.05) is 13.3 Å². The molecule has 0 aromatic heterocycles. The molecule has 1 atom stereocenters. The third-order valence-electron chi connectivity index (χ3n) is 4.05. The van der Waals surface area contributed by atoms with Gasteiger partial charge in [0.05, 0.1) is 18.1 Å². The third kappa shape index (κ3) is 6.52. The topological polar surface area (TPSA) is 69.6 Å². The molecule has 2 N–H and O–H groups in total. The van der Waals surface area contributed by atoms with Gasteiger partial charge in [-0.2, -0.15) is 0 Å². The average molecular weight is 306 g/mol. The summed E-state index contributed by atoms with van der Waals surface area (Å²) in [4.78, 5) is 2.26. The summed E-state index contributed by atoms with van der Waals surface area (Å²) < 4.78 is 23.1.